The quantitative estimate of drug-likeness (QED) is 0.603. The lowest BCUT2D eigenvalue weighted by Crippen LogP contribution is -2.54. The van der Waals surface area contributed by atoms with E-state index in [0.717, 1.165) is 31.0 Å². The lowest BCUT2D eigenvalue weighted by atomic mass is 9.67. The third-order valence-corrected chi connectivity index (χ3v) is 6.10. The molecule has 1 aliphatic carbocycles. The fourth-order valence-electron chi connectivity index (χ4n) is 4.31. The molecule has 5 rings (SSSR count). The maximum absolute atomic E-state index is 13.1. The van der Waals surface area contributed by atoms with Gasteiger partial charge in [-0.1, -0.05) is 29.8 Å². The zero-order valence-electron chi connectivity index (χ0n) is 15.2. The molecule has 0 radical (unpaired) electrons. The molecule has 29 heavy (non-hydrogen) atoms. The molecular formula is C20H20Cl2F3N3O. The summed E-state index contributed by atoms with van der Waals surface area (Å²) in [6.45, 7) is 0.867. The van der Waals surface area contributed by atoms with E-state index in [1.54, 1.807) is 12.1 Å². The van der Waals surface area contributed by atoms with Crippen LogP contribution in [0, 0.1) is 5.92 Å². The van der Waals surface area contributed by atoms with E-state index >= 15 is 0 Å². The zero-order valence-corrected chi connectivity index (χ0v) is 16.8. The number of carbonyl (C=O) groups excluding carboxylic acids is 1. The third kappa shape index (κ3) is 3.91. The molecule has 1 unspecified atom stereocenters. The van der Waals surface area contributed by atoms with E-state index in [9.17, 15) is 18.0 Å². The minimum Gasteiger partial charge on any atom is -0.399 e. The lowest BCUT2D eigenvalue weighted by molar-refractivity contribution is -0.137. The Labute approximate surface area is 177 Å². The molecule has 3 aliphatic rings. The number of hydrogen-bond acceptors (Lipinski definition) is 3. The van der Waals surface area contributed by atoms with Crippen LogP contribution in [0.25, 0.3) is 0 Å². The molecule has 2 aliphatic heterocycles. The first-order valence-corrected chi connectivity index (χ1v) is 9.34. The van der Waals surface area contributed by atoms with Crippen LogP contribution >= 0.6 is 24.0 Å². The Hall–Kier alpha value is -1.96. The molecule has 156 valence electrons. The monoisotopic (exact) mass is 445 g/mol. The van der Waals surface area contributed by atoms with Crippen molar-refractivity contribution in [3.8, 4) is 0 Å². The van der Waals surface area contributed by atoms with Crippen LogP contribution in [0.15, 0.2) is 42.5 Å². The molecule has 3 fully saturated rings. The summed E-state index contributed by atoms with van der Waals surface area (Å²) in [6.07, 6.45) is -2.83. The first kappa shape index (κ1) is 21.7. The van der Waals surface area contributed by atoms with Gasteiger partial charge in [0.15, 0.2) is 0 Å². The summed E-state index contributed by atoms with van der Waals surface area (Å²) in [5.74, 6) is -0.0743. The number of alkyl halides is 3. The molecule has 4 nitrogen and oxygen atoms in total. The maximum atomic E-state index is 13.1. The van der Waals surface area contributed by atoms with Crippen LogP contribution in [0.1, 0.15) is 40.4 Å². The number of fused-ring (bicyclic) bond motifs is 1. The number of benzene rings is 2. The molecule has 9 heteroatoms. The van der Waals surface area contributed by atoms with Gasteiger partial charge in [-0.3, -0.25) is 4.79 Å². The smallest absolute Gasteiger partial charge is 0.399 e. The molecule has 0 aromatic heterocycles. The van der Waals surface area contributed by atoms with Gasteiger partial charge in [-0.2, -0.15) is 13.2 Å². The van der Waals surface area contributed by atoms with Crippen LogP contribution in [0.5, 0.6) is 0 Å². The van der Waals surface area contributed by atoms with Gasteiger partial charge in [0.1, 0.15) is 0 Å². The van der Waals surface area contributed by atoms with Crippen molar-refractivity contribution in [1.82, 2.24) is 10.6 Å². The highest BCUT2D eigenvalue weighted by atomic mass is 35.5. The minimum atomic E-state index is -4.63. The van der Waals surface area contributed by atoms with E-state index < -0.39 is 28.7 Å². The number of nitrogens with two attached hydrogens (primary N) is 1. The molecule has 1 saturated carbocycles. The molecular weight excluding hydrogens is 426 g/mol. The summed E-state index contributed by atoms with van der Waals surface area (Å²) in [5, 5.41) is 5.79. The van der Waals surface area contributed by atoms with Crippen LogP contribution in [0.2, 0.25) is 5.02 Å². The van der Waals surface area contributed by atoms with Crippen molar-refractivity contribution in [1.29, 1.82) is 0 Å². The Bertz CT molecular complexity index is 907. The number of carbonyl (C=O) groups is 1. The van der Waals surface area contributed by atoms with Crippen molar-refractivity contribution in [2.24, 2.45) is 5.92 Å². The Morgan fingerprint density at radius 2 is 1.86 bits per heavy atom. The summed E-state index contributed by atoms with van der Waals surface area (Å²) in [5.41, 5.74) is 5.69. The van der Waals surface area contributed by atoms with Crippen molar-refractivity contribution in [3.05, 3.63) is 64.2 Å². The fraction of sp³-hybridized carbons (Fsp3) is 0.350. The van der Waals surface area contributed by atoms with E-state index in [0.29, 0.717) is 11.6 Å². The van der Waals surface area contributed by atoms with Crippen molar-refractivity contribution < 1.29 is 18.0 Å². The van der Waals surface area contributed by atoms with Gasteiger partial charge in [0.2, 0.25) is 0 Å². The summed E-state index contributed by atoms with van der Waals surface area (Å²) < 4.78 is 39.4. The minimum absolute atomic E-state index is 0. The average Bonchev–Trinajstić information content (AvgIpc) is 3.21. The number of hydrogen-bond donors (Lipinski definition) is 3. The van der Waals surface area contributed by atoms with Gasteiger partial charge >= 0.3 is 6.18 Å². The number of nitrogens with one attached hydrogen (secondary N) is 2. The van der Waals surface area contributed by atoms with Gasteiger partial charge in [-0.25, -0.2) is 0 Å². The molecule has 4 N–H and O–H groups in total. The Balaban J connectivity index is 0.00000240. The number of anilines is 1. The predicted octanol–water partition coefficient (Wildman–Crippen LogP) is 4.59. The number of amides is 1. The highest BCUT2D eigenvalue weighted by Gasteiger charge is 2.55. The van der Waals surface area contributed by atoms with E-state index in [-0.39, 0.29) is 23.5 Å². The zero-order chi connectivity index (χ0) is 20.1. The van der Waals surface area contributed by atoms with E-state index in [4.69, 9.17) is 17.3 Å². The molecule has 2 aromatic rings. The van der Waals surface area contributed by atoms with Gasteiger partial charge in [-0.15, -0.1) is 12.4 Å². The average molecular weight is 446 g/mol. The van der Waals surface area contributed by atoms with E-state index in [1.165, 1.54) is 12.1 Å². The second kappa shape index (κ2) is 7.70. The standard InChI is InChI=1S/C20H19ClF3N3O.ClH/c21-16-14(2-1-3-15(16)20(22,23)24)18(28)27-17(12-4-6-13(25)7-5-12)19-8-11(9-19)10-26-19;/h1-7,11,17,26H,8-10,25H2,(H,27,28);1H. The number of rotatable bonds is 4. The molecule has 1 amide bonds. The topological polar surface area (TPSA) is 67.1 Å². The van der Waals surface area contributed by atoms with Gasteiger partial charge in [0, 0.05) is 11.2 Å². The van der Waals surface area contributed by atoms with Crippen LogP contribution in [-0.4, -0.2) is 18.0 Å². The van der Waals surface area contributed by atoms with Crippen molar-refractivity contribution in [2.45, 2.75) is 30.6 Å². The molecule has 2 bridgehead atoms. The van der Waals surface area contributed by atoms with Crippen molar-refractivity contribution >= 4 is 35.6 Å². The number of nitrogen functional groups attached to an aromatic ring is 1. The predicted molar refractivity (Wildman–Crippen MR) is 108 cm³/mol. The summed E-state index contributed by atoms with van der Waals surface area (Å²) >= 11 is 5.93. The van der Waals surface area contributed by atoms with Crippen molar-refractivity contribution in [2.75, 3.05) is 12.3 Å². The van der Waals surface area contributed by atoms with Gasteiger partial charge < -0.3 is 16.4 Å². The van der Waals surface area contributed by atoms with Crippen molar-refractivity contribution in [3.63, 3.8) is 0 Å². The Kier molecular flexibility index (Phi) is 5.77. The second-order valence-corrected chi connectivity index (χ2v) is 7.93. The van der Waals surface area contributed by atoms with E-state index in [2.05, 4.69) is 10.6 Å². The van der Waals surface area contributed by atoms with Crippen LogP contribution in [-0.2, 0) is 6.18 Å². The molecule has 2 aromatic carbocycles. The first-order chi connectivity index (χ1) is 13.2. The second-order valence-electron chi connectivity index (χ2n) is 7.55. The Morgan fingerprint density at radius 1 is 1.21 bits per heavy atom. The maximum Gasteiger partial charge on any atom is 0.417 e. The summed E-state index contributed by atoms with van der Waals surface area (Å²) in [7, 11) is 0. The van der Waals surface area contributed by atoms with Gasteiger partial charge in [0.25, 0.3) is 5.91 Å². The molecule has 0 spiro atoms. The first-order valence-electron chi connectivity index (χ1n) is 8.97. The number of halogens is 5. The molecule has 2 saturated heterocycles. The summed E-state index contributed by atoms with van der Waals surface area (Å²) in [6, 6.07) is 10.1. The van der Waals surface area contributed by atoms with Crippen LogP contribution in [0.3, 0.4) is 0 Å². The fourth-order valence-corrected chi connectivity index (χ4v) is 4.63. The highest BCUT2D eigenvalue weighted by Crippen LogP contribution is 2.51. The Morgan fingerprint density at radius 3 is 2.41 bits per heavy atom. The normalized spacial score (nSPS) is 23.7. The van der Waals surface area contributed by atoms with Crippen LogP contribution in [0.4, 0.5) is 18.9 Å². The van der Waals surface area contributed by atoms with Gasteiger partial charge in [-0.05, 0) is 55.1 Å². The third-order valence-electron chi connectivity index (χ3n) is 5.70. The lowest BCUT2D eigenvalue weighted by Gasteiger charge is -2.44. The summed E-state index contributed by atoms with van der Waals surface area (Å²) in [4.78, 5) is 12.9. The largest absolute Gasteiger partial charge is 0.417 e. The highest BCUT2D eigenvalue weighted by molar-refractivity contribution is 6.34. The molecule has 1 atom stereocenters. The van der Waals surface area contributed by atoms with Gasteiger partial charge in [0.05, 0.1) is 22.2 Å². The van der Waals surface area contributed by atoms with Crippen LogP contribution < -0.4 is 16.4 Å². The SMILES string of the molecule is Cl.Nc1ccc(C(NC(=O)c2cccc(C(F)(F)F)c2Cl)C23CC(CN2)C3)cc1. The molecule has 2 heterocycles. The van der Waals surface area contributed by atoms with E-state index in [1.807, 2.05) is 12.1 Å².